The van der Waals surface area contributed by atoms with Crippen LogP contribution >= 0.6 is 11.3 Å². The second-order valence-corrected chi connectivity index (χ2v) is 6.36. The predicted octanol–water partition coefficient (Wildman–Crippen LogP) is 1.77. The topological polar surface area (TPSA) is 97.6 Å². The molecule has 4 heterocycles. The van der Waals surface area contributed by atoms with E-state index < -0.39 is 12.0 Å². The first-order chi connectivity index (χ1) is 11.7. The molecule has 2 amide bonds. The highest BCUT2D eigenvalue weighted by molar-refractivity contribution is 7.10. The zero-order chi connectivity index (χ0) is 16.7. The lowest BCUT2D eigenvalue weighted by Gasteiger charge is -2.31. The van der Waals surface area contributed by atoms with Crippen LogP contribution in [0.3, 0.4) is 0 Å². The highest BCUT2D eigenvalue weighted by Gasteiger charge is 2.43. The Balaban J connectivity index is 1.69. The lowest BCUT2D eigenvalue weighted by atomic mass is 10.0. The summed E-state index contributed by atoms with van der Waals surface area (Å²) in [6.07, 6.45) is 0.645. The van der Waals surface area contributed by atoms with E-state index in [1.54, 1.807) is 0 Å². The Morgan fingerprint density at radius 3 is 3.04 bits per heavy atom. The van der Waals surface area contributed by atoms with Crippen LogP contribution in [0, 0.1) is 0 Å². The third-order valence-corrected chi connectivity index (χ3v) is 4.88. The van der Waals surface area contributed by atoms with Crippen LogP contribution in [0.2, 0.25) is 0 Å². The Morgan fingerprint density at radius 1 is 1.46 bits per heavy atom. The minimum atomic E-state index is -0.479. The number of esters is 1. The molecule has 24 heavy (non-hydrogen) atoms. The molecule has 1 N–H and O–H groups in total. The summed E-state index contributed by atoms with van der Waals surface area (Å²) in [5.41, 5.74) is 1.02. The number of rotatable bonds is 4. The van der Waals surface area contributed by atoms with Crippen LogP contribution < -0.4 is 5.32 Å². The maximum atomic E-state index is 12.6. The molecule has 0 bridgehead atoms. The van der Waals surface area contributed by atoms with E-state index in [2.05, 4.69) is 15.5 Å². The molecule has 124 valence electrons. The molecule has 4 rings (SSSR count). The third-order valence-electron chi connectivity index (χ3n) is 3.95. The summed E-state index contributed by atoms with van der Waals surface area (Å²) in [6, 6.07) is 2.96. The van der Waals surface area contributed by atoms with Crippen molar-refractivity contribution in [2.45, 2.75) is 25.9 Å². The standard InChI is InChI=1S/C15H14N4O4S/c1-2-10-16-11(23-18-10)6-19-8-7-22-14(20)12(8)13(17-15(19)21)9-4-3-5-24-9/h3-5,13H,2,6-7H2,1H3,(H,17,21)/t13-/m0/s1. The van der Waals surface area contributed by atoms with Gasteiger partial charge in [-0.3, -0.25) is 4.90 Å². The fourth-order valence-electron chi connectivity index (χ4n) is 2.78. The number of cyclic esters (lactones) is 1. The van der Waals surface area contributed by atoms with Crippen molar-refractivity contribution in [2.24, 2.45) is 0 Å². The molecule has 2 aromatic rings. The van der Waals surface area contributed by atoms with Crippen LogP contribution in [0.1, 0.15) is 29.6 Å². The SMILES string of the molecule is CCc1noc(CN2C(=O)N[C@@H](c3cccs3)C3=C2COC3=O)n1. The van der Waals surface area contributed by atoms with Gasteiger partial charge in [-0.25, -0.2) is 9.59 Å². The quantitative estimate of drug-likeness (QED) is 0.848. The van der Waals surface area contributed by atoms with Gasteiger partial charge in [0, 0.05) is 11.3 Å². The smallest absolute Gasteiger partial charge is 0.338 e. The number of carbonyl (C=O) groups excluding carboxylic acids is 2. The van der Waals surface area contributed by atoms with Gasteiger partial charge < -0.3 is 14.6 Å². The predicted molar refractivity (Wildman–Crippen MR) is 82.8 cm³/mol. The van der Waals surface area contributed by atoms with E-state index >= 15 is 0 Å². The lowest BCUT2D eigenvalue weighted by Crippen LogP contribution is -2.46. The van der Waals surface area contributed by atoms with Crippen molar-refractivity contribution < 1.29 is 18.8 Å². The van der Waals surface area contributed by atoms with Gasteiger partial charge >= 0.3 is 12.0 Å². The van der Waals surface area contributed by atoms with Gasteiger partial charge in [-0.05, 0) is 11.4 Å². The van der Waals surface area contributed by atoms with Crippen LogP contribution in [0.4, 0.5) is 4.79 Å². The first-order valence-corrected chi connectivity index (χ1v) is 8.38. The maximum Gasteiger partial charge on any atom is 0.338 e. The first kappa shape index (κ1) is 14.9. The van der Waals surface area contributed by atoms with E-state index in [0.717, 1.165) is 4.88 Å². The summed E-state index contributed by atoms with van der Waals surface area (Å²) in [4.78, 5) is 31.3. The van der Waals surface area contributed by atoms with Gasteiger partial charge in [-0.1, -0.05) is 18.1 Å². The van der Waals surface area contributed by atoms with E-state index in [-0.39, 0.29) is 19.2 Å². The first-order valence-electron chi connectivity index (χ1n) is 7.50. The van der Waals surface area contributed by atoms with E-state index in [1.807, 2.05) is 24.4 Å². The zero-order valence-electron chi connectivity index (χ0n) is 12.8. The van der Waals surface area contributed by atoms with Gasteiger partial charge in [-0.15, -0.1) is 11.3 Å². The van der Waals surface area contributed by atoms with Gasteiger partial charge in [0.15, 0.2) is 5.82 Å². The van der Waals surface area contributed by atoms with Crippen molar-refractivity contribution in [3.63, 3.8) is 0 Å². The molecule has 0 fully saturated rings. The molecule has 9 heteroatoms. The number of hydrogen-bond acceptors (Lipinski definition) is 7. The molecule has 2 aliphatic heterocycles. The number of amides is 2. The minimum Gasteiger partial charge on any atom is -0.456 e. The number of aromatic nitrogens is 2. The number of aryl methyl sites for hydroxylation is 1. The Hall–Kier alpha value is -2.68. The molecule has 2 aromatic heterocycles. The molecule has 2 aliphatic rings. The summed E-state index contributed by atoms with van der Waals surface area (Å²) in [5.74, 6) is 0.489. The number of nitrogens with one attached hydrogen (secondary N) is 1. The van der Waals surface area contributed by atoms with E-state index in [0.29, 0.717) is 29.4 Å². The van der Waals surface area contributed by atoms with Gasteiger partial charge in [-0.2, -0.15) is 4.98 Å². The molecule has 0 aromatic carbocycles. The lowest BCUT2D eigenvalue weighted by molar-refractivity contribution is -0.136. The molecule has 0 saturated carbocycles. The fourth-order valence-corrected chi connectivity index (χ4v) is 3.56. The van der Waals surface area contributed by atoms with Gasteiger partial charge in [0.2, 0.25) is 5.89 Å². The minimum absolute atomic E-state index is 0.0677. The summed E-state index contributed by atoms with van der Waals surface area (Å²) in [6.45, 7) is 2.08. The Morgan fingerprint density at radius 2 is 2.33 bits per heavy atom. The third kappa shape index (κ3) is 2.37. The van der Waals surface area contributed by atoms with Gasteiger partial charge in [0.05, 0.1) is 17.3 Å². The van der Waals surface area contributed by atoms with Crippen LogP contribution in [-0.4, -0.2) is 33.6 Å². The molecule has 0 saturated heterocycles. The average molecular weight is 346 g/mol. The molecular weight excluding hydrogens is 332 g/mol. The van der Waals surface area contributed by atoms with Gasteiger partial charge in [0.1, 0.15) is 13.2 Å². The number of thiophene rings is 1. The molecule has 1 atom stereocenters. The molecule has 0 unspecified atom stereocenters. The van der Waals surface area contributed by atoms with E-state index in [9.17, 15) is 9.59 Å². The van der Waals surface area contributed by atoms with E-state index in [4.69, 9.17) is 9.26 Å². The van der Waals surface area contributed by atoms with Crippen molar-refractivity contribution in [1.29, 1.82) is 0 Å². The number of carbonyl (C=O) groups is 2. The maximum absolute atomic E-state index is 12.6. The van der Waals surface area contributed by atoms with E-state index in [1.165, 1.54) is 16.2 Å². The number of ether oxygens (including phenoxy) is 1. The van der Waals surface area contributed by atoms with Crippen LogP contribution in [0.25, 0.3) is 0 Å². The Labute approximate surface area is 141 Å². The molecular formula is C15H14N4O4S. The highest BCUT2D eigenvalue weighted by Crippen LogP contribution is 2.37. The highest BCUT2D eigenvalue weighted by atomic mass is 32.1. The monoisotopic (exact) mass is 346 g/mol. The second-order valence-electron chi connectivity index (χ2n) is 5.38. The van der Waals surface area contributed by atoms with Crippen LogP contribution in [-0.2, 0) is 22.5 Å². The molecule has 0 aliphatic carbocycles. The van der Waals surface area contributed by atoms with Gasteiger partial charge in [0.25, 0.3) is 0 Å². The number of nitrogens with zero attached hydrogens (tertiary/aromatic N) is 3. The van der Waals surface area contributed by atoms with Crippen molar-refractivity contribution in [3.8, 4) is 0 Å². The Bertz CT molecular complexity index is 826. The summed E-state index contributed by atoms with van der Waals surface area (Å²) in [7, 11) is 0. The molecule has 0 spiro atoms. The number of urea groups is 1. The van der Waals surface area contributed by atoms with Crippen LogP contribution in [0.5, 0.6) is 0 Å². The molecule has 8 nitrogen and oxygen atoms in total. The Kier molecular flexibility index (Phi) is 3.57. The summed E-state index contributed by atoms with van der Waals surface area (Å²) in [5, 5.41) is 8.59. The number of hydrogen-bond donors (Lipinski definition) is 1. The van der Waals surface area contributed by atoms with Crippen LogP contribution in [0.15, 0.2) is 33.3 Å². The van der Waals surface area contributed by atoms with Crippen molar-refractivity contribution in [2.75, 3.05) is 6.61 Å². The summed E-state index contributed by atoms with van der Waals surface area (Å²) >= 11 is 1.48. The molecule has 0 radical (unpaired) electrons. The fraction of sp³-hybridized carbons (Fsp3) is 0.333. The van der Waals surface area contributed by atoms with Crippen molar-refractivity contribution in [1.82, 2.24) is 20.4 Å². The van der Waals surface area contributed by atoms with Crippen molar-refractivity contribution in [3.05, 3.63) is 45.4 Å². The largest absolute Gasteiger partial charge is 0.456 e. The van der Waals surface area contributed by atoms with Crippen molar-refractivity contribution >= 4 is 23.3 Å². The average Bonchev–Trinajstić information content (AvgIpc) is 3.31. The second kappa shape index (κ2) is 5.75. The zero-order valence-corrected chi connectivity index (χ0v) is 13.6. The normalized spacial score (nSPS) is 20.2. The summed E-state index contributed by atoms with van der Waals surface area (Å²) < 4.78 is 10.3.